The first-order valence-electron chi connectivity index (χ1n) is 12.0. The van der Waals surface area contributed by atoms with Crippen LogP contribution in [0.15, 0.2) is 46.3 Å². The Kier molecular flexibility index (Phi) is 7.90. The molecule has 1 saturated heterocycles. The van der Waals surface area contributed by atoms with E-state index >= 15 is 0 Å². The van der Waals surface area contributed by atoms with Gasteiger partial charge in [-0.3, -0.25) is 4.79 Å². The number of fused-ring (bicyclic) bond motifs is 1. The Bertz CT molecular complexity index is 1380. The van der Waals surface area contributed by atoms with Gasteiger partial charge in [-0.2, -0.15) is 9.30 Å². The third-order valence-corrected chi connectivity index (χ3v) is 9.59. The normalized spacial score (nSPS) is 16.3. The van der Waals surface area contributed by atoms with Crippen molar-refractivity contribution < 1.29 is 17.9 Å². The average Bonchev–Trinajstić information content (AvgIpc) is 3.17. The number of thiazole rings is 1. The summed E-state index contributed by atoms with van der Waals surface area (Å²) in [4.78, 5) is 18.7. The predicted molar refractivity (Wildman–Crippen MR) is 139 cm³/mol. The zero-order valence-electron chi connectivity index (χ0n) is 20.8. The smallest absolute Gasteiger partial charge is 0.251 e. The van der Waals surface area contributed by atoms with E-state index in [-0.39, 0.29) is 11.8 Å². The molecule has 0 unspecified atom stereocenters. The zero-order chi connectivity index (χ0) is 25.2. The van der Waals surface area contributed by atoms with Crippen molar-refractivity contribution in [1.29, 1.82) is 0 Å². The summed E-state index contributed by atoms with van der Waals surface area (Å²) in [6.45, 7) is 10.5. The minimum absolute atomic E-state index is 0.177. The van der Waals surface area contributed by atoms with Crippen molar-refractivity contribution in [2.24, 2.45) is 10.9 Å². The lowest BCUT2D eigenvalue weighted by Crippen LogP contribution is -2.40. The summed E-state index contributed by atoms with van der Waals surface area (Å²) in [5.41, 5.74) is 4.41. The van der Waals surface area contributed by atoms with Gasteiger partial charge >= 0.3 is 0 Å². The van der Waals surface area contributed by atoms with E-state index in [1.165, 1.54) is 21.2 Å². The molecule has 35 heavy (non-hydrogen) atoms. The third-order valence-electron chi connectivity index (χ3n) is 6.45. The minimum Gasteiger partial charge on any atom is -0.380 e. The lowest BCUT2D eigenvalue weighted by atomic mass is 9.98. The van der Waals surface area contributed by atoms with Crippen LogP contribution in [0.1, 0.15) is 36.5 Å². The number of carbonyl (C=O) groups excluding carboxylic acids is 1. The van der Waals surface area contributed by atoms with Gasteiger partial charge < -0.3 is 9.30 Å². The van der Waals surface area contributed by atoms with Crippen LogP contribution in [0.2, 0.25) is 0 Å². The fourth-order valence-electron chi connectivity index (χ4n) is 4.50. The van der Waals surface area contributed by atoms with Crippen molar-refractivity contribution in [3.63, 3.8) is 0 Å². The fraction of sp³-hybridized carbons (Fsp3) is 0.462. The van der Waals surface area contributed by atoms with Gasteiger partial charge in [-0.15, -0.1) is 0 Å². The largest absolute Gasteiger partial charge is 0.380 e. The molecule has 0 aliphatic carbocycles. The number of nitrogens with zero attached hydrogens (tertiary/aromatic N) is 3. The molecular weight excluding hydrogens is 482 g/mol. The molecule has 0 atom stereocenters. The maximum atomic E-state index is 13.2. The molecule has 4 rings (SSSR count). The maximum absolute atomic E-state index is 13.2. The number of benzene rings is 2. The van der Waals surface area contributed by atoms with Crippen LogP contribution < -0.4 is 4.80 Å². The van der Waals surface area contributed by atoms with Crippen molar-refractivity contribution in [2.45, 2.75) is 52.0 Å². The zero-order valence-corrected chi connectivity index (χ0v) is 22.4. The molecule has 9 heteroatoms. The van der Waals surface area contributed by atoms with Crippen molar-refractivity contribution in [3.8, 4) is 0 Å². The van der Waals surface area contributed by atoms with Crippen molar-refractivity contribution in [2.75, 3.05) is 26.3 Å². The SMILES string of the molecule is CCOCCn1c(=NC(=O)C2CCN(S(=O)(=O)c3ccc(C)cc3)CC2)sc2c(C)cc(C)cc21. The van der Waals surface area contributed by atoms with E-state index in [2.05, 4.69) is 35.5 Å². The van der Waals surface area contributed by atoms with Gasteiger partial charge in [-0.05, 0) is 69.9 Å². The molecule has 0 saturated carbocycles. The summed E-state index contributed by atoms with van der Waals surface area (Å²) >= 11 is 1.53. The first kappa shape index (κ1) is 25.8. The number of rotatable bonds is 7. The van der Waals surface area contributed by atoms with Gasteiger partial charge in [0.2, 0.25) is 10.0 Å². The molecule has 0 N–H and O–H groups in total. The Morgan fingerprint density at radius 2 is 1.77 bits per heavy atom. The number of aromatic nitrogens is 1. The highest BCUT2D eigenvalue weighted by atomic mass is 32.2. The fourth-order valence-corrected chi connectivity index (χ4v) is 7.08. The number of hydrogen-bond donors (Lipinski definition) is 0. The highest BCUT2D eigenvalue weighted by molar-refractivity contribution is 7.89. The summed E-state index contributed by atoms with van der Waals surface area (Å²) in [5.74, 6) is -0.462. The van der Waals surface area contributed by atoms with E-state index in [9.17, 15) is 13.2 Å². The molecule has 0 bridgehead atoms. The maximum Gasteiger partial charge on any atom is 0.251 e. The predicted octanol–water partition coefficient (Wildman–Crippen LogP) is 4.19. The molecule has 1 fully saturated rings. The first-order valence-corrected chi connectivity index (χ1v) is 14.3. The lowest BCUT2D eigenvalue weighted by Gasteiger charge is -2.29. The number of piperidine rings is 1. The topological polar surface area (TPSA) is 81.0 Å². The number of sulfonamides is 1. The van der Waals surface area contributed by atoms with E-state index in [0.29, 0.717) is 55.4 Å². The van der Waals surface area contributed by atoms with Crippen LogP contribution in [0.5, 0.6) is 0 Å². The van der Waals surface area contributed by atoms with Gasteiger partial charge in [0.15, 0.2) is 4.80 Å². The molecule has 188 valence electrons. The molecule has 1 aromatic heterocycles. The van der Waals surface area contributed by atoms with Crippen LogP contribution in [0, 0.1) is 26.7 Å². The Hall–Kier alpha value is -2.33. The van der Waals surface area contributed by atoms with Gasteiger partial charge in [0.05, 0.1) is 21.7 Å². The molecule has 1 aliphatic heterocycles. The van der Waals surface area contributed by atoms with Crippen molar-refractivity contribution in [1.82, 2.24) is 8.87 Å². The Labute approximate surface area is 211 Å². The number of amides is 1. The molecule has 3 aromatic rings. The second-order valence-corrected chi connectivity index (χ2v) is 12.0. The third kappa shape index (κ3) is 5.58. The molecule has 1 aliphatic rings. The van der Waals surface area contributed by atoms with Crippen LogP contribution in [0.4, 0.5) is 0 Å². The summed E-state index contributed by atoms with van der Waals surface area (Å²) < 4.78 is 36.2. The number of ether oxygens (including phenoxy) is 1. The van der Waals surface area contributed by atoms with Crippen LogP contribution in [0.3, 0.4) is 0 Å². The molecule has 0 radical (unpaired) electrons. The highest BCUT2D eigenvalue weighted by Gasteiger charge is 2.32. The standard InChI is InChI=1S/C26H33N3O4S2/c1-5-33-15-14-29-23-17-19(3)16-20(4)24(23)34-26(29)27-25(30)21-10-12-28(13-11-21)35(31,32)22-8-6-18(2)7-9-22/h6-9,16-17,21H,5,10-15H2,1-4H3. The Morgan fingerprint density at radius 1 is 1.09 bits per heavy atom. The molecule has 7 nitrogen and oxygen atoms in total. The lowest BCUT2D eigenvalue weighted by molar-refractivity contribution is -0.122. The van der Waals surface area contributed by atoms with Crippen LogP contribution >= 0.6 is 11.3 Å². The summed E-state index contributed by atoms with van der Waals surface area (Å²) in [7, 11) is -3.56. The highest BCUT2D eigenvalue weighted by Crippen LogP contribution is 2.26. The van der Waals surface area contributed by atoms with Gasteiger partial charge in [-0.25, -0.2) is 8.42 Å². The molecule has 1 amide bonds. The Morgan fingerprint density at radius 3 is 2.43 bits per heavy atom. The van der Waals surface area contributed by atoms with Crippen LogP contribution in [-0.2, 0) is 26.1 Å². The van der Waals surface area contributed by atoms with Gasteiger partial charge in [-0.1, -0.05) is 35.1 Å². The number of aryl methyl sites for hydroxylation is 3. The van der Waals surface area contributed by atoms with Crippen molar-refractivity contribution in [3.05, 3.63) is 57.9 Å². The Balaban J connectivity index is 1.55. The number of hydrogen-bond acceptors (Lipinski definition) is 5. The summed E-state index contributed by atoms with van der Waals surface area (Å²) in [5, 5.41) is 0. The van der Waals surface area contributed by atoms with Gasteiger partial charge in [0.1, 0.15) is 0 Å². The van der Waals surface area contributed by atoms with Gasteiger partial charge in [0, 0.05) is 32.2 Å². The molecule has 2 heterocycles. The quantitative estimate of drug-likeness (QED) is 0.442. The van der Waals surface area contributed by atoms with Crippen LogP contribution in [0.25, 0.3) is 10.2 Å². The summed E-state index contributed by atoms with van der Waals surface area (Å²) in [6.07, 6.45) is 0.935. The monoisotopic (exact) mass is 515 g/mol. The second-order valence-electron chi connectivity index (χ2n) is 9.10. The average molecular weight is 516 g/mol. The second kappa shape index (κ2) is 10.7. The van der Waals surface area contributed by atoms with Crippen LogP contribution in [-0.4, -0.2) is 49.5 Å². The van der Waals surface area contributed by atoms with E-state index in [0.717, 1.165) is 21.3 Å². The van der Waals surface area contributed by atoms with E-state index < -0.39 is 10.0 Å². The van der Waals surface area contributed by atoms with E-state index in [1.807, 2.05) is 13.8 Å². The summed E-state index contributed by atoms with van der Waals surface area (Å²) in [6, 6.07) is 11.2. The van der Waals surface area contributed by atoms with Crippen molar-refractivity contribution >= 4 is 37.5 Å². The first-order chi connectivity index (χ1) is 16.7. The van der Waals surface area contributed by atoms with Gasteiger partial charge in [0.25, 0.3) is 5.91 Å². The minimum atomic E-state index is -3.56. The van der Waals surface area contributed by atoms with E-state index in [4.69, 9.17) is 4.74 Å². The number of carbonyl (C=O) groups is 1. The molecule has 2 aromatic carbocycles. The molecular formula is C26H33N3O4S2. The molecule has 0 spiro atoms. The van der Waals surface area contributed by atoms with E-state index in [1.54, 1.807) is 24.3 Å².